The molecule has 2 aliphatic heterocycles. The Morgan fingerprint density at radius 1 is 1.26 bits per heavy atom. The van der Waals surface area contributed by atoms with Crippen molar-refractivity contribution in [1.82, 2.24) is 9.80 Å². The van der Waals surface area contributed by atoms with Gasteiger partial charge in [-0.2, -0.15) is 0 Å². The predicted octanol–water partition coefficient (Wildman–Crippen LogP) is 3.24. The summed E-state index contributed by atoms with van der Waals surface area (Å²) in [6, 6.07) is 3.86. The molecule has 0 aromatic heterocycles. The van der Waals surface area contributed by atoms with Gasteiger partial charge in [-0.15, -0.1) is 0 Å². The van der Waals surface area contributed by atoms with E-state index in [1.165, 1.54) is 0 Å². The number of rotatable bonds is 5. The summed E-state index contributed by atoms with van der Waals surface area (Å²) in [4.78, 5) is 16.3. The molecule has 2 amide bonds. The molecule has 0 aliphatic carbocycles. The first-order valence-corrected chi connectivity index (χ1v) is 8.38. The summed E-state index contributed by atoms with van der Waals surface area (Å²) in [7, 11) is 3.27. The summed E-state index contributed by atoms with van der Waals surface area (Å²) in [6.07, 6.45) is 0.867. The van der Waals surface area contributed by atoms with Crippen LogP contribution in [0.4, 0.5) is 4.79 Å². The number of benzene rings is 1. The highest BCUT2D eigenvalue weighted by molar-refractivity contribution is 6.42. The van der Waals surface area contributed by atoms with Crippen LogP contribution in [0.15, 0.2) is 12.1 Å². The minimum absolute atomic E-state index is 0.0756. The Balaban J connectivity index is 1.78. The second kappa shape index (κ2) is 6.75. The summed E-state index contributed by atoms with van der Waals surface area (Å²) in [5, 5.41) is 1.04. The van der Waals surface area contributed by atoms with Gasteiger partial charge in [0.2, 0.25) is 0 Å². The van der Waals surface area contributed by atoms with Gasteiger partial charge in [0.1, 0.15) is 5.75 Å². The molecular formula is C16H20Cl2N2O3. The van der Waals surface area contributed by atoms with E-state index in [9.17, 15) is 4.79 Å². The van der Waals surface area contributed by atoms with Crippen LogP contribution in [0.3, 0.4) is 0 Å². The molecule has 2 heterocycles. The van der Waals surface area contributed by atoms with Crippen LogP contribution in [0.2, 0.25) is 10.0 Å². The first-order chi connectivity index (χ1) is 11.1. The van der Waals surface area contributed by atoms with E-state index in [1.807, 2.05) is 15.9 Å². The number of carbonyl (C=O) groups excluding carboxylic acids is 1. The van der Waals surface area contributed by atoms with Gasteiger partial charge in [-0.1, -0.05) is 23.2 Å². The molecular weight excluding hydrogens is 339 g/mol. The van der Waals surface area contributed by atoms with Gasteiger partial charge in [0, 0.05) is 38.2 Å². The molecule has 0 N–H and O–H groups in total. The van der Waals surface area contributed by atoms with Gasteiger partial charge in [-0.05, 0) is 18.6 Å². The fraction of sp³-hybridized carbons (Fsp3) is 0.562. The Hall–Kier alpha value is -1.17. The largest absolute Gasteiger partial charge is 0.496 e. The molecule has 0 saturated carbocycles. The molecule has 2 saturated heterocycles. The van der Waals surface area contributed by atoms with E-state index in [4.69, 9.17) is 32.7 Å². The molecule has 2 atom stereocenters. The fourth-order valence-corrected chi connectivity index (χ4v) is 4.02. The quantitative estimate of drug-likeness (QED) is 0.811. The number of hydrogen-bond donors (Lipinski definition) is 0. The second-order valence-electron chi connectivity index (χ2n) is 5.94. The second-order valence-corrected chi connectivity index (χ2v) is 6.72. The van der Waals surface area contributed by atoms with Crippen LogP contribution in [0, 0.1) is 0 Å². The lowest BCUT2D eigenvalue weighted by atomic mass is 9.95. The first-order valence-electron chi connectivity index (χ1n) is 7.63. The number of urea groups is 1. The van der Waals surface area contributed by atoms with E-state index in [1.54, 1.807) is 20.3 Å². The van der Waals surface area contributed by atoms with Crippen molar-refractivity contribution in [2.24, 2.45) is 0 Å². The van der Waals surface area contributed by atoms with Crippen molar-refractivity contribution >= 4 is 29.2 Å². The summed E-state index contributed by atoms with van der Waals surface area (Å²) in [6.45, 7) is 2.57. The molecule has 2 fully saturated rings. The Bertz CT molecular complexity index is 611. The summed E-state index contributed by atoms with van der Waals surface area (Å²) >= 11 is 12.6. The summed E-state index contributed by atoms with van der Waals surface area (Å²) < 4.78 is 10.5. The highest BCUT2D eigenvalue weighted by atomic mass is 35.5. The number of fused-ring (bicyclic) bond motifs is 1. The van der Waals surface area contributed by atoms with Crippen molar-refractivity contribution in [3.05, 3.63) is 27.7 Å². The van der Waals surface area contributed by atoms with E-state index in [-0.39, 0.29) is 18.0 Å². The van der Waals surface area contributed by atoms with Crippen molar-refractivity contribution in [2.45, 2.75) is 18.4 Å². The Labute approximate surface area is 146 Å². The molecule has 23 heavy (non-hydrogen) atoms. The molecule has 5 nitrogen and oxygen atoms in total. The summed E-state index contributed by atoms with van der Waals surface area (Å²) in [5.41, 5.74) is 0.910. The third-order valence-corrected chi connectivity index (χ3v) is 5.47. The zero-order valence-corrected chi connectivity index (χ0v) is 14.7. The monoisotopic (exact) mass is 358 g/mol. The number of hydrogen-bond acceptors (Lipinski definition) is 3. The van der Waals surface area contributed by atoms with Crippen molar-refractivity contribution < 1.29 is 14.3 Å². The van der Waals surface area contributed by atoms with Crippen molar-refractivity contribution in [1.29, 1.82) is 0 Å². The number of carbonyl (C=O) groups is 1. The van der Waals surface area contributed by atoms with E-state index in [0.29, 0.717) is 29.7 Å². The van der Waals surface area contributed by atoms with Crippen molar-refractivity contribution in [3.63, 3.8) is 0 Å². The molecule has 1 aromatic rings. The Morgan fingerprint density at radius 3 is 2.70 bits per heavy atom. The predicted molar refractivity (Wildman–Crippen MR) is 89.7 cm³/mol. The van der Waals surface area contributed by atoms with E-state index >= 15 is 0 Å². The molecule has 0 radical (unpaired) electrons. The minimum Gasteiger partial charge on any atom is -0.496 e. The first kappa shape index (κ1) is 16.7. The third-order valence-electron chi connectivity index (χ3n) is 4.65. The molecule has 2 aliphatic rings. The van der Waals surface area contributed by atoms with Gasteiger partial charge in [-0.3, -0.25) is 0 Å². The van der Waals surface area contributed by atoms with Gasteiger partial charge in [-0.25, -0.2) is 4.79 Å². The van der Waals surface area contributed by atoms with Gasteiger partial charge < -0.3 is 19.3 Å². The summed E-state index contributed by atoms with van der Waals surface area (Å²) in [5.74, 6) is 0.879. The van der Waals surface area contributed by atoms with Gasteiger partial charge >= 0.3 is 6.03 Å². The smallest absolute Gasteiger partial charge is 0.320 e. The minimum atomic E-state index is 0.0756. The molecule has 0 spiro atoms. The zero-order chi connectivity index (χ0) is 16.6. The Morgan fingerprint density at radius 2 is 2.04 bits per heavy atom. The van der Waals surface area contributed by atoms with Gasteiger partial charge in [0.25, 0.3) is 0 Å². The van der Waals surface area contributed by atoms with Crippen molar-refractivity contribution in [2.75, 3.05) is 40.5 Å². The molecule has 7 heteroatoms. The van der Waals surface area contributed by atoms with Gasteiger partial charge in [0.05, 0.1) is 29.8 Å². The van der Waals surface area contributed by atoms with E-state index in [0.717, 1.165) is 24.3 Å². The van der Waals surface area contributed by atoms with Crippen molar-refractivity contribution in [3.8, 4) is 5.75 Å². The fourth-order valence-electron chi connectivity index (χ4n) is 3.54. The molecule has 0 bridgehead atoms. The van der Waals surface area contributed by atoms with Crippen LogP contribution in [0.1, 0.15) is 17.9 Å². The SMILES string of the molecule is COCCN1C[C@@H]2C[C@H](c3c(OC)ccc(Cl)c3Cl)CN2C1=O. The standard InChI is InChI=1S/C16H20Cl2N2O3/c1-22-6-5-19-9-11-7-10(8-20(11)16(19)21)14-13(23-2)4-3-12(17)15(14)18/h3-4,10-11H,5-9H2,1-2H3/t10-,11-/m0/s1. The number of amides is 2. The maximum Gasteiger partial charge on any atom is 0.320 e. The Kier molecular flexibility index (Phi) is 4.90. The van der Waals surface area contributed by atoms with Gasteiger partial charge in [0.15, 0.2) is 0 Å². The van der Waals surface area contributed by atoms with Crippen LogP contribution >= 0.6 is 23.2 Å². The molecule has 0 unspecified atom stereocenters. The lowest BCUT2D eigenvalue weighted by Crippen LogP contribution is -2.34. The maximum atomic E-state index is 12.5. The van der Waals surface area contributed by atoms with Crippen LogP contribution < -0.4 is 4.74 Å². The third kappa shape index (κ3) is 2.97. The molecule has 3 rings (SSSR count). The average molecular weight is 359 g/mol. The highest BCUT2D eigenvalue weighted by Gasteiger charge is 2.45. The van der Waals surface area contributed by atoms with Crippen LogP contribution in [0.25, 0.3) is 0 Å². The number of nitrogens with zero attached hydrogens (tertiary/aromatic N) is 2. The lowest BCUT2D eigenvalue weighted by molar-refractivity contribution is 0.154. The van der Waals surface area contributed by atoms with E-state index < -0.39 is 0 Å². The van der Waals surface area contributed by atoms with Crippen LogP contribution in [0.5, 0.6) is 5.75 Å². The topological polar surface area (TPSA) is 42.0 Å². The normalized spacial score (nSPS) is 23.6. The maximum absolute atomic E-state index is 12.5. The number of halogens is 2. The number of methoxy groups -OCH3 is 2. The zero-order valence-electron chi connectivity index (χ0n) is 13.2. The lowest BCUT2D eigenvalue weighted by Gasteiger charge is -2.21. The number of ether oxygens (including phenoxy) is 2. The van der Waals surface area contributed by atoms with E-state index in [2.05, 4.69) is 0 Å². The average Bonchev–Trinajstić information content (AvgIpc) is 3.07. The molecule has 126 valence electrons. The molecule has 1 aromatic carbocycles. The van der Waals surface area contributed by atoms with Crippen LogP contribution in [-0.2, 0) is 4.74 Å². The highest BCUT2D eigenvalue weighted by Crippen LogP contribution is 2.44. The van der Waals surface area contributed by atoms with Crippen LogP contribution in [-0.4, -0.2) is 62.3 Å².